The number of carbonyl (C=O) groups is 3. The van der Waals surface area contributed by atoms with Crippen LogP contribution in [0.3, 0.4) is 0 Å². The molecule has 2 aliphatic rings. The second-order valence-electron chi connectivity index (χ2n) is 9.14. The van der Waals surface area contributed by atoms with Crippen LogP contribution in [0.1, 0.15) is 50.4 Å². The average molecular weight is 452 g/mol. The molecule has 1 saturated heterocycles. The molecule has 0 saturated carbocycles. The molecule has 2 aromatic carbocycles. The van der Waals surface area contributed by atoms with Crippen molar-refractivity contribution in [3.8, 4) is 11.5 Å². The lowest BCUT2D eigenvalue weighted by molar-refractivity contribution is -0.135. The maximum Gasteiger partial charge on any atom is 0.325 e. The van der Waals surface area contributed by atoms with Gasteiger partial charge in [0.05, 0.1) is 6.04 Å². The topological polar surface area (TPSA) is 97.0 Å². The lowest BCUT2D eigenvalue weighted by Gasteiger charge is -2.22. The second kappa shape index (κ2) is 8.77. The third-order valence-electron chi connectivity index (χ3n) is 6.03. The summed E-state index contributed by atoms with van der Waals surface area (Å²) in [6, 6.07) is 12.3. The van der Waals surface area contributed by atoms with Crippen molar-refractivity contribution in [1.29, 1.82) is 0 Å². The van der Waals surface area contributed by atoms with E-state index in [4.69, 9.17) is 9.47 Å². The van der Waals surface area contributed by atoms with Crippen molar-refractivity contribution in [3.05, 3.63) is 59.2 Å². The molecule has 174 valence electrons. The first-order valence-corrected chi connectivity index (χ1v) is 11.1. The number of amides is 4. The van der Waals surface area contributed by atoms with Crippen molar-refractivity contribution in [2.45, 2.75) is 45.7 Å². The van der Waals surface area contributed by atoms with Gasteiger partial charge < -0.3 is 20.1 Å². The minimum absolute atomic E-state index is 0.112. The summed E-state index contributed by atoms with van der Waals surface area (Å²) < 4.78 is 10.7. The first kappa shape index (κ1) is 22.6. The molecule has 0 aliphatic carbocycles. The highest BCUT2D eigenvalue weighted by molar-refractivity contribution is 6.09. The van der Waals surface area contributed by atoms with Crippen molar-refractivity contribution < 1.29 is 23.9 Å². The Labute approximate surface area is 193 Å². The predicted molar refractivity (Wildman–Crippen MR) is 122 cm³/mol. The molecule has 0 radical (unpaired) electrons. The van der Waals surface area contributed by atoms with Crippen LogP contribution in [0.5, 0.6) is 11.5 Å². The number of nitrogens with one attached hydrogen (secondary N) is 2. The monoisotopic (exact) mass is 451 g/mol. The zero-order chi connectivity index (χ0) is 23.8. The van der Waals surface area contributed by atoms with Gasteiger partial charge in [-0.3, -0.25) is 14.5 Å². The van der Waals surface area contributed by atoms with Crippen molar-refractivity contribution in [2.75, 3.05) is 13.3 Å². The van der Waals surface area contributed by atoms with Gasteiger partial charge in [0.25, 0.3) is 5.91 Å². The number of rotatable bonds is 7. The van der Waals surface area contributed by atoms with Crippen LogP contribution in [0.15, 0.2) is 42.5 Å². The molecule has 0 bridgehead atoms. The fourth-order valence-electron chi connectivity index (χ4n) is 4.17. The van der Waals surface area contributed by atoms with Gasteiger partial charge in [0, 0.05) is 0 Å². The van der Waals surface area contributed by atoms with E-state index in [1.54, 1.807) is 25.1 Å². The molecule has 2 atom stereocenters. The third kappa shape index (κ3) is 4.51. The van der Waals surface area contributed by atoms with Crippen LogP contribution in [-0.4, -0.2) is 36.1 Å². The van der Waals surface area contributed by atoms with Gasteiger partial charge in [0.2, 0.25) is 12.7 Å². The predicted octanol–water partition coefficient (Wildman–Crippen LogP) is 3.26. The molecule has 0 spiro atoms. The molecule has 4 rings (SSSR count). The maximum atomic E-state index is 13.1. The molecule has 33 heavy (non-hydrogen) atoms. The number of hydrogen-bond acceptors (Lipinski definition) is 5. The smallest absolute Gasteiger partial charge is 0.325 e. The molecule has 8 nitrogen and oxygen atoms in total. The number of benzene rings is 2. The summed E-state index contributed by atoms with van der Waals surface area (Å²) in [6.07, 6.45) is 0.995. The molecule has 2 unspecified atom stereocenters. The highest BCUT2D eigenvalue weighted by Gasteiger charge is 2.50. The lowest BCUT2D eigenvalue weighted by atomic mass is 9.91. The van der Waals surface area contributed by atoms with Gasteiger partial charge in [0.1, 0.15) is 12.1 Å². The van der Waals surface area contributed by atoms with E-state index in [2.05, 4.69) is 36.6 Å². The first-order chi connectivity index (χ1) is 15.7. The van der Waals surface area contributed by atoms with Crippen LogP contribution in [-0.2, 0) is 21.5 Å². The summed E-state index contributed by atoms with van der Waals surface area (Å²) in [6.45, 7) is 7.58. The number of fused-ring (bicyclic) bond motifs is 1. The van der Waals surface area contributed by atoms with Gasteiger partial charge in [0.15, 0.2) is 11.5 Å². The molecular formula is C25H29N3O5. The van der Waals surface area contributed by atoms with Crippen molar-refractivity contribution in [1.82, 2.24) is 15.5 Å². The van der Waals surface area contributed by atoms with Gasteiger partial charge in [-0.25, -0.2) is 4.79 Å². The van der Waals surface area contributed by atoms with Crippen molar-refractivity contribution in [2.24, 2.45) is 5.92 Å². The Morgan fingerprint density at radius 1 is 1.09 bits per heavy atom. The molecule has 2 N–H and O–H groups in total. The Morgan fingerprint density at radius 2 is 1.79 bits per heavy atom. The Balaban J connectivity index is 1.41. The van der Waals surface area contributed by atoms with Gasteiger partial charge in [-0.1, -0.05) is 44.2 Å². The highest BCUT2D eigenvalue weighted by atomic mass is 16.7. The van der Waals surface area contributed by atoms with E-state index in [1.807, 2.05) is 19.1 Å². The summed E-state index contributed by atoms with van der Waals surface area (Å²) in [5, 5.41) is 5.59. The van der Waals surface area contributed by atoms with E-state index in [-0.39, 0.29) is 19.4 Å². The highest BCUT2D eigenvalue weighted by Crippen LogP contribution is 2.37. The standard InChI is InChI=1S/C25H29N3O5/c1-15(2)11-17-5-7-18(8-6-17)16(3)26-22(29)13-28-23(30)25(4,27-24(28)31)19-9-10-20-21(12-19)33-14-32-20/h5-10,12,15-16H,11,13-14H2,1-4H3,(H,26,29)(H,27,31). The Bertz CT molecular complexity index is 1080. The van der Waals surface area contributed by atoms with Gasteiger partial charge >= 0.3 is 6.03 Å². The summed E-state index contributed by atoms with van der Waals surface area (Å²) in [7, 11) is 0. The summed E-state index contributed by atoms with van der Waals surface area (Å²) in [5.41, 5.74) is 1.46. The Morgan fingerprint density at radius 3 is 2.48 bits per heavy atom. The third-order valence-corrected chi connectivity index (χ3v) is 6.03. The number of imide groups is 1. The molecule has 2 aromatic rings. The number of ether oxygens (including phenoxy) is 2. The summed E-state index contributed by atoms with van der Waals surface area (Å²) in [4.78, 5) is 39.3. The molecule has 0 aromatic heterocycles. The quantitative estimate of drug-likeness (QED) is 0.630. The molecule has 2 aliphatic heterocycles. The number of hydrogen-bond donors (Lipinski definition) is 2. The van der Waals surface area contributed by atoms with E-state index in [0.717, 1.165) is 16.9 Å². The molecule has 1 fully saturated rings. The zero-order valence-electron chi connectivity index (χ0n) is 19.3. The van der Waals surface area contributed by atoms with E-state index in [0.29, 0.717) is 23.0 Å². The molecule has 8 heteroatoms. The molecule has 4 amide bonds. The number of urea groups is 1. The van der Waals surface area contributed by atoms with Crippen molar-refractivity contribution in [3.63, 3.8) is 0 Å². The fraction of sp³-hybridized carbons (Fsp3) is 0.400. The normalized spacial score (nSPS) is 20.2. The van der Waals surface area contributed by atoms with Crippen molar-refractivity contribution >= 4 is 17.8 Å². The summed E-state index contributed by atoms with van der Waals surface area (Å²) >= 11 is 0. The van der Waals surface area contributed by atoms with Crippen LogP contribution in [0.4, 0.5) is 4.79 Å². The molecular weight excluding hydrogens is 422 g/mol. The minimum Gasteiger partial charge on any atom is -0.454 e. The minimum atomic E-state index is -1.30. The average Bonchev–Trinajstić information content (AvgIpc) is 3.32. The molecule has 2 heterocycles. The van der Waals surface area contributed by atoms with E-state index < -0.39 is 23.4 Å². The largest absolute Gasteiger partial charge is 0.454 e. The Hall–Kier alpha value is -3.55. The van der Waals surface area contributed by atoms with Gasteiger partial charge in [-0.05, 0) is 55.0 Å². The second-order valence-corrected chi connectivity index (χ2v) is 9.14. The van der Waals surface area contributed by atoms with Crippen LogP contribution < -0.4 is 20.1 Å². The van der Waals surface area contributed by atoms with Crippen LogP contribution in [0, 0.1) is 5.92 Å². The lowest BCUT2D eigenvalue weighted by Crippen LogP contribution is -2.43. The van der Waals surface area contributed by atoms with E-state index >= 15 is 0 Å². The first-order valence-electron chi connectivity index (χ1n) is 11.1. The van der Waals surface area contributed by atoms with Crippen LogP contribution in [0.25, 0.3) is 0 Å². The summed E-state index contributed by atoms with van der Waals surface area (Å²) in [5.74, 6) is 0.765. The fourth-order valence-corrected chi connectivity index (χ4v) is 4.17. The maximum absolute atomic E-state index is 13.1. The number of nitrogens with zero attached hydrogens (tertiary/aromatic N) is 1. The van der Waals surface area contributed by atoms with Crippen LogP contribution in [0.2, 0.25) is 0 Å². The SMILES string of the molecule is CC(C)Cc1ccc(C(C)NC(=O)CN2C(=O)NC(C)(c3ccc4c(c3)OCO4)C2=O)cc1. The zero-order valence-corrected chi connectivity index (χ0v) is 19.3. The Kier molecular flexibility index (Phi) is 6.01. The van der Waals surface area contributed by atoms with Crippen LogP contribution >= 0.6 is 0 Å². The van der Waals surface area contributed by atoms with Gasteiger partial charge in [-0.2, -0.15) is 0 Å². The van der Waals surface area contributed by atoms with E-state index in [9.17, 15) is 14.4 Å². The van der Waals surface area contributed by atoms with Gasteiger partial charge in [-0.15, -0.1) is 0 Å². The number of carbonyl (C=O) groups excluding carboxylic acids is 3. The van der Waals surface area contributed by atoms with E-state index in [1.165, 1.54) is 5.56 Å².